The summed E-state index contributed by atoms with van der Waals surface area (Å²) in [4.78, 5) is 2.55. The van der Waals surface area contributed by atoms with Gasteiger partial charge in [0.05, 0.1) is 11.4 Å². The van der Waals surface area contributed by atoms with Gasteiger partial charge in [-0.2, -0.15) is 0 Å². The van der Waals surface area contributed by atoms with Gasteiger partial charge in [0.15, 0.2) is 5.60 Å². The first kappa shape index (κ1) is 13.0. The molecular weight excluding hydrogens is 260 g/mol. The van der Waals surface area contributed by atoms with E-state index >= 15 is 0 Å². The van der Waals surface area contributed by atoms with Crippen LogP contribution in [-0.4, -0.2) is 29.1 Å². The molecular formula is C18H22N2O. The first-order valence-corrected chi connectivity index (χ1v) is 7.95. The highest BCUT2D eigenvalue weighted by atomic mass is 16.5. The molecule has 1 aromatic carbocycles. The molecule has 1 aromatic heterocycles. The lowest BCUT2D eigenvalue weighted by atomic mass is 9.97. The van der Waals surface area contributed by atoms with Crippen molar-refractivity contribution in [3.8, 4) is 11.4 Å². The maximum absolute atomic E-state index is 6.44. The summed E-state index contributed by atoms with van der Waals surface area (Å²) in [7, 11) is 0. The number of likely N-dealkylation sites (tertiary alicyclic amines) is 1. The Labute approximate surface area is 126 Å². The maximum Gasteiger partial charge on any atom is 0.159 e. The molecule has 3 nitrogen and oxygen atoms in total. The first-order chi connectivity index (χ1) is 10.3. The molecule has 2 aromatic rings. The number of nitrogens with zero attached hydrogens (tertiary/aromatic N) is 2. The standard InChI is InChI=1S/C18H22N2O/c1-18(14-19-11-5-2-6-12-19)17-10-7-13-20(17)15-8-3-4-9-16(15)21-18/h3-4,7-10,13H,2,5-6,11-12,14H2,1H3. The fraction of sp³-hybridized carbons (Fsp3) is 0.444. The molecule has 0 saturated carbocycles. The van der Waals surface area contributed by atoms with Crippen LogP contribution in [0.2, 0.25) is 0 Å². The summed E-state index contributed by atoms with van der Waals surface area (Å²) in [5, 5.41) is 0. The highest BCUT2D eigenvalue weighted by molar-refractivity contribution is 5.51. The summed E-state index contributed by atoms with van der Waals surface area (Å²) in [5.74, 6) is 0.987. The second-order valence-electron chi connectivity index (χ2n) is 6.40. The Balaban J connectivity index is 1.71. The van der Waals surface area contributed by atoms with Crippen molar-refractivity contribution in [3.05, 3.63) is 48.3 Å². The lowest BCUT2D eigenvalue weighted by Gasteiger charge is -2.41. The Bertz CT molecular complexity index is 642. The Hall–Kier alpha value is -1.74. The fourth-order valence-electron chi connectivity index (χ4n) is 3.72. The Kier molecular flexibility index (Phi) is 3.03. The van der Waals surface area contributed by atoms with Gasteiger partial charge in [-0.3, -0.25) is 4.90 Å². The van der Waals surface area contributed by atoms with Crippen LogP contribution in [0.3, 0.4) is 0 Å². The van der Waals surface area contributed by atoms with Gasteiger partial charge in [-0.25, -0.2) is 0 Å². The van der Waals surface area contributed by atoms with Crippen molar-refractivity contribution in [2.75, 3.05) is 19.6 Å². The third-order valence-electron chi connectivity index (χ3n) is 4.72. The van der Waals surface area contributed by atoms with Crippen molar-refractivity contribution >= 4 is 0 Å². The minimum absolute atomic E-state index is 0.269. The predicted molar refractivity (Wildman–Crippen MR) is 84.0 cm³/mol. The smallest absolute Gasteiger partial charge is 0.159 e. The Morgan fingerprint density at radius 3 is 2.71 bits per heavy atom. The molecule has 0 radical (unpaired) electrons. The van der Waals surface area contributed by atoms with Crippen LogP contribution in [-0.2, 0) is 5.60 Å². The van der Waals surface area contributed by atoms with Crippen molar-refractivity contribution in [1.29, 1.82) is 0 Å². The molecule has 3 heterocycles. The molecule has 0 N–H and O–H groups in total. The van der Waals surface area contributed by atoms with Crippen LogP contribution >= 0.6 is 0 Å². The molecule has 2 aliphatic rings. The van der Waals surface area contributed by atoms with Gasteiger partial charge in [0.1, 0.15) is 5.75 Å². The third kappa shape index (κ3) is 2.16. The second-order valence-corrected chi connectivity index (χ2v) is 6.40. The van der Waals surface area contributed by atoms with Crippen molar-refractivity contribution in [1.82, 2.24) is 9.47 Å². The zero-order chi connectivity index (χ0) is 14.3. The summed E-state index contributed by atoms with van der Waals surface area (Å²) in [6.45, 7) is 5.58. The zero-order valence-corrected chi connectivity index (χ0v) is 12.6. The van der Waals surface area contributed by atoms with E-state index in [0.717, 1.165) is 18.0 Å². The summed E-state index contributed by atoms with van der Waals surface area (Å²) in [6.07, 6.45) is 6.14. The van der Waals surface area contributed by atoms with Crippen LogP contribution < -0.4 is 4.74 Å². The van der Waals surface area contributed by atoms with E-state index in [0.29, 0.717) is 0 Å². The second kappa shape index (κ2) is 4.92. The van der Waals surface area contributed by atoms with E-state index in [9.17, 15) is 0 Å². The molecule has 110 valence electrons. The quantitative estimate of drug-likeness (QED) is 0.838. The largest absolute Gasteiger partial charge is 0.478 e. The van der Waals surface area contributed by atoms with Gasteiger partial charge in [0, 0.05) is 12.7 Å². The van der Waals surface area contributed by atoms with Crippen molar-refractivity contribution in [2.45, 2.75) is 31.8 Å². The number of hydrogen-bond donors (Lipinski definition) is 0. The van der Waals surface area contributed by atoms with Crippen LogP contribution in [0.1, 0.15) is 31.9 Å². The van der Waals surface area contributed by atoms with E-state index in [1.807, 2.05) is 0 Å². The normalized spacial score (nSPS) is 25.0. The van der Waals surface area contributed by atoms with Crippen LogP contribution in [0.15, 0.2) is 42.6 Å². The number of ether oxygens (including phenoxy) is 1. The number of aromatic nitrogens is 1. The molecule has 0 aliphatic carbocycles. The fourth-order valence-corrected chi connectivity index (χ4v) is 3.72. The van der Waals surface area contributed by atoms with Gasteiger partial charge in [0.25, 0.3) is 0 Å². The van der Waals surface area contributed by atoms with Gasteiger partial charge in [-0.05, 0) is 57.1 Å². The number of rotatable bonds is 2. The molecule has 0 spiro atoms. The zero-order valence-electron chi connectivity index (χ0n) is 12.6. The molecule has 1 atom stereocenters. The number of benzene rings is 1. The molecule has 0 bridgehead atoms. The van der Waals surface area contributed by atoms with Gasteiger partial charge >= 0.3 is 0 Å². The molecule has 1 saturated heterocycles. The number of hydrogen-bond acceptors (Lipinski definition) is 2. The monoisotopic (exact) mass is 282 g/mol. The van der Waals surface area contributed by atoms with Crippen molar-refractivity contribution in [2.24, 2.45) is 0 Å². The van der Waals surface area contributed by atoms with Gasteiger partial charge in [-0.15, -0.1) is 0 Å². The van der Waals surface area contributed by atoms with Gasteiger partial charge in [-0.1, -0.05) is 18.6 Å². The van der Waals surface area contributed by atoms with Crippen molar-refractivity contribution < 1.29 is 4.74 Å². The van der Waals surface area contributed by atoms with E-state index in [4.69, 9.17) is 4.74 Å². The summed E-state index contributed by atoms with van der Waals surface area (Å²) < 4.78 is 8.73. The minimum Gasteiger partial charge on any atom is -0.478 e. The lowest BCUT2D eigenvalue weighted by Crippen LogP contribution is -2.47. The summed E-state index contributed by atoms with van der Waals surface area (Å²) in [6, 6.07) is 12.6. The molecule has 1 fully saturated rings. The Morgan fingerprint density at radius 1 is 1.05 bits per heavy atom. The molecule has 3 heteroatoms. The van der Waals surface area contributed by atoms with E-state index < -0.39 is 0 Å². The lowest BCUT2D eigenvalue weighted by molar-refractivity contribution is 0.0227. The maximum atomic E-state index is 6.44. The topological polar surface area (TPSA) is 17.4 Å². The van der Waals surface area contributed by atoms with Crippen LogP contribution in [0.4, 0.5) is 0 Å². The average Bonchev–Trinajstić information content (AvgIpc) is 2.99. The first-order valence-electron chi connectivity index (χ1n) is 7.95. The highest BCUT2D eigenvalue weighted by Gasteiger charge is 2.38. The van der Waals surface area contributed by atoms with E-state index in [1.54, 1.807) is 0 Å². The van der Waals surface area contributed by atoms with E-state index in [1.165, 1.54) is 38.0 Å². The van der Waals surface area contributed by atoms with Gasteiger partial charge in [0.2, 0.25) is 0 Å². The van der Waals surface area contributed by atoms with Crippen LogP contribution in [0.25, 0.3) is 5.69 Å². The minimum atomic E-state index is -0.269. The van der Waals surface area contributed by atoms with Gasteiger partial charge < -0.3 is 9.30 Å². The predicted octanol–water partition coefficient (Wildman–Crippen LogP) is 3.57. The van der Waals surface area contributed by atoms with Crippen molar-refractivity contribution in [3.63, 3.8) is 0 Å². The number of fused-ring (bicyclic) bond motifs is 3. The summed E-state index contributed by atoms with van der Waals surface area (Å²) >= 11 is 0. The van der Waals surface area contributed by atoms with Crippen LogP contribution in [0.5, 0.6) is 5.75 Å². The molecule has 2 aliphatic heterocycles. The number of para-hydroxylation sites is 2. The number of piperidine rings is 1. The Morgan fingerprint density at radius 2 is 1.86 bits per heavy atom. The molecule has 21 heavy (non-hydrogen) atoms. The van der Waals surface area contributed by atoms with E-state index in [2.05, 4.69) is 59.0 Å². The molecule has 4 rings (SSSR count). The average molecular weight is 282 g/mol. The molecule has 1 unspecified atom stereocenters. The van der Waals surface area contributed by atoms with Crippen LogP contribution in [0, 0.1) is 0 Å². The highest BCUT2D eigenvalue weighted by Crippen LogP contribution is 2.39. The van der Waals surface area contributed by atoms with E-state index in [-0.39, 0.29) is 5.60 Å². The SMILES string of the molecule is CC1(CN2CCCCC2)Oc2ccccc2-n2cccc21. The third-order valence-corrected chi connectivity index (χ3v) is 4.72. The molecule has 0 amide bonds. The summed E-state index contributed by atoms with van der Waals surface area (Å²) in [5.41, 5.74) is 2.13.